The summed E-state index contributed by atoms with van der Waals surface area (Å²) in [6, 6.07) is 25.1. The number of hydrogen-bond acceptors (Lipinski definition) is 4. The Bertz CT molecular complexity index is 1570. The van der Waals surface area contributed by atoms with Gasteiger partial charge in [-0.25, -0.2) is 28.6 Å². The van der Waals surface area contributed by atoms with E-state index in [1.165, 1.54) is 36.4 Å². The van der Waals surface area contributed by atoms with Crippen LogP contribution in [0.1, 0.15) is 21.5 Å². The van der Waals surface area contributed by atoms with Crippen LogP contribution in [0.4, 0.5) is 13.2 Å². The molecule has 1 heterocycles. The second-order valence-electron chi connectivity index (χ2n) is 8.48. The van der Waals surface area contributed by atoms with E-state index in [1.807, 2.05) is 42.5 Å². The van der Waals surface area contributed by atoms with Crippen LogP contribution in [0.15, 0.2) is 108 Å². The van der Waals surface area contributed by atoms with E-state index in [-0.39, 0.29) is 29.4 Å². The Morgan fingerprint density at radius 1 is 0.789 bits per heavy atom. The Balaban J connectivity index is 1.38. The number of hydrazine groups is 1. The molecule has 8 heteroatoms. The van der Waals surface area contributed by atoms with E-state index >= 15 is 0 Å². The Labute approximate surface area is 216 Å². The second-order valence-corrected chi connectivity index (χ2v) is 8.48. The van der Waals surface area contributed by atoms with Gasteiger partial charge in [0.15, 0.2) is 11.6 Å². The zero-order valence-corrected chi connectivity index (χ0v) is 19.9. The molecule has 1 N–H and O–H groups in total. The lowest BCUT2D eigenvalue weighted by Crippen LogP contribution is -2.46. The Hall–Kier alpha value is -4.82. The fourth-order valence-electron chi connectivity index (χ4n) is 3.95. The van der Waals surface area contributed by atoms with Crippen molar-refractivity contribution >= 4 is 23.6 Å². The number of carbonyl (C=O) groups is 2. The lowest BCUT2D eigenvalue weighted by Gasteiger charge is -2.19. The highest BCUT2D eigenvalue weighted by atomic mass is 19.1. The van der Waals surface area contributed by atoms with Crippen molar-refractivity contribution < 1.29 is 22.8 Å². The Morgan fingerprint density at radius 3 is 2.11 bits per heavy atom. The fourth-order valence-corrected chi connectivity index (χ4v) is 3.95. The molecule has 38 heavy (non-hydrogen) atoms. The minimum absolute atomic E-state index is 0.0339. The molecule has 0 atom stereocenters. The predicted molar refractivity (Wildman–Crippen MR) is 138 cm³/mol. The summed E-state index contributed by atoms with van der Waals surface area (Å²) in [4.78, 5) is 30.4. The number of amidine groups is 1. The van der Waals surface area contributed by atoms with E-state index in [2.05, 4.69) is 10.4 Å². The summed E-state index contributed by atoms with van der Waals surface area (Å²) in [5.41, 5.74) is 5.43. The molecular formula is C30H20F3N3O2. The molecule has 0 aromatic heterocycles. The summed E-state index contributed by atoms with van der Waals surface area (Å²) in [6.45, 7) is -0.241. The van der Waals surface area contributed by atoms with Gasteiger partial charge in [0.1, 0.15) is 23.1 Å². The van der Waals surface area contributed by atoms with Gasteiger partial charge in [0.2, 0.25) is 0 Å². The number of benzene rings is 4. The maximum Gasteiger partial charge on any atom is 0.292 e. The van der Waals surface area contributed by atoms with Crippen LogP contribution < -0.4 is 5.43 Å². The number of carbonyl (C=O) groups excluding carboxylic acids is 2. The first kappa shape index (κ1) is 24.9. The Morgan fingerprint density at radius 2 is 1.42 bits per heavy atom. The van der Waals surface area contributed by atoms with Gasteiger partial charge in [-0.1, -0.05) is 54.6 Å². The van der Waals surface area contributed by atoms with Gasteiger partial charge in [-0.05, 0) is 53.6 Å². The first-order valence-electron chi connectivity index (χ1n) is 11.7. The van der Waals surface area contributed by atoms with Crippen LogP contribution in [0.5, 0.6) is 0 Å². The van der Waals surface area contributed by atoms with E-state index in [4.69, 9.17) is 0 Å². The largest absolute Gasteiger partial charge is 0.293 e. The van der Waals surface area contributed by atoms with Crippen molar-refractivity contribution in [3.05, 3.63) is 137 Å². The van der Waals surface area contributed by atoms with Crippen molar-refractivity contribution in [2.75, 3.05) is 6.54 Å². The molecule has 0 saturated carbocycles. The molecule has 1 aliphatic heterocycles. The highest BCUT2D eigenvalue weighted by Crippen LogP contribution is 2.23. The lowest BCUT2D eigenvalue weighted by atomic mass is 10.0. The van der Waals surface area contributed by atoms with Crippen molar-refractivity contribution in [2.24, 2.45) is 4.99 Å². The minimum Gasteiger partial charge on any atom is -0.293 e. The number of amides is 1. The summed E-state index contributed by atoms with van der Waals surface area (Å²) in [5, 5.41) is 1.07. The molecule has 1 amide bonds. The third kappa shape index (κ3) is 5.30. The Kier molecular flexibility index (Phi) is 6.97. The lowest BCUT2D eigenvalue weighted by molar-refractivity contribution is -0.124. The molecule has 0 saturated heterocycles. The SMILES string of the molecule is O=C(CNN1C(=O)/C(=C/c2ccc(F)cc2F)N=C1c1ccc(F)cc1)c1ccc(-c2ccccc2)cc1. The number of ketones is 1. The molecule has 4 aromatic rings. The average molecular weight is 512 g/mol. The van der Waals surface area contributed by atoms with Crippen LogP contribution in [-0.4, -0.2) is 29.1 Å². The fraction of sp³-hybridized carbons (Fsp3) is 0.0333. The van der Waals surface area contributed by atoms with Crippen LogP contribution in [-0.2, 0) is 4.79 Å². The average Bonchev–Trinajstić information content (AvgIpc) is 3.24. The highest BCUT2D eigenvalue weighted by molar-refractivity contribution is 6.19. The molecule has 1 aliphatic rings. The summed E-state index contributed by atoms with van der Waals surface area (Å²) in [7, 11) is 0. The molecule has 5 nitrogen and oxygen atoms in total. The summed E-state index contributed by atoms with van der Waals surface area (Å²) in [5.74, 6) is -2.91. The van der Waals surface area contributed by atoms with E-state index in [0.717, 1.165) is 22.2 Å². The topological polar surface area (TPSA) is 61.8 Å². The first-order valence-corrected chi connectivity index (χ1v) is 11.7. The van der Waals surface area contributed by atoms with Crippen LogP contribution in [0.25, 0.3) is 17.2 Å². The number of rotatable bonds is 7. The van der Waals surface area contributed by atoms with Crippen LogP contribution in [0.2, 0.25) is 0 Å². The van der Waals surface area contributed by atoms with Crippen LogP contribution in [0.3, 0.4) is 0 Å². The maximum atomic E-state index is 14.2. The quantitative estimate of drug-likeness (QED) is 0.253. The smallest absolute Gasteiger partial charge is 0.292 e. The third-order valence-corrected chi connectivity index (χ3v) is 5.93. The molecule has 188 valence electrons. The van der Waals surface area contributed by atoms with Gasteiger partial charge in [0.25, 0.3) is 5.91 Å². The zero-order chi connectivity index (χ0) is 26.6. The summed E-state index contributed by atoms with van der Waals surface area (Å²) in [6.07, 6.45) is 1.19. The van der Waals surface area contributed by atoms with Crippen molar-refractivity contribution in [1.82, 2.24) is 10.4 Å². The molecular weight excluding hydrogens is 491 g/mol. The van der Waals surface area contributed by atoms with Crippen molar-refractivity contribution in [1.29, 1.82) is 0 Å². The van der Waals surface area contributed by atoms with Crippen LogP contribution in [0, 0.1) is 17.5 Å². The van der Waals surface area contributed by atoms with Crippen LogP contribution >= 0.6 is 0 Å². The van der Waals surface area contributed by atoms with E-state index in [9.17, 15) is 22.8 Å². The maximum absolute atomic E-state index is 14.2. The first-order chi connectivity index (χ1) is 18.4. The van der Waals surface area contributed by atoms with Gasteiger partial charge >= 0.3 is 0 Å². The molecule has 4 aromatic carbocycles. The molecule has 0 fully saturated rings. The number of nitrogens with zero attached hydrogens (tertiary/aromatic N) is 2. The number of Topliss-reactive ketones (excluding diaryl/α,β-unsaturated/α-hetero) is 1. The zero-order valence-electron chi connectivity index (χ0n) is 19.9. The molecule has 0 bridgehead atoms. The van der Waals surface area contributed by atoms with Gasteiger partial charge < -0.3 is 0 Å². The van der Waals surface area contributed by atoms with Gasteiger partial charge in [0.05, 0.1) is 6.54 Å². The van der Waals surface area contributed by atoms with Gasteiger partial charge in [-0.2, -0.15) is 0 Å². The molecule has 5 rings (SSSR count). The molecule has 0 spiro atoms. The molecule has 0 aliphatic carbocycles. The predicted octanol–water partition coefficient (Wildman–Crippen LogP) is 5.79. The third-order valence-electron chi connectivity index (χ3n) is 5.93. The van der Waals surface area contributed by atoms with E-state index in [1.54, 1.807) is 12.1 Å². The second kappa shape index (κ2) is 10.7. The van der Waals surface area contributed by atoms with Crippen molar-refractivity contribution in [3.63, 3.8) is 0 Å². The van der Waals surface area contributed by atoms with Gasteiger partial charge in [-0.3, -0.25) is 9.59 Å². The van der Waals surface area contributed by atoms with E-state index in [0.29, 0.717) is 17.2 Å². The monoisotopic (exact) mass is 511 g/mol. The van der Waals surface area contributed by atoms with Gasteiger partial charge in [0, 0.05) is 22.8 Å². The van der Waals surface area contributed by atoms with Crippen molar-refractivity contribution in [2.45, 2.75) is 0 Å². The molecule has 0 radical (unpaired) electrons. The number of nitrogens with one attached hydrogen (secondary N) is 1. The van der Waals surface area contributed by atoms with E-state index < -0.39 is 23.4 Å². The molecule has 0 unspecified atom stereocenters. The normalized spacial score (nSPS) is 14.2. The minimum atomic E-state index is -0.857. The summed E-state index contributed by atoms with van der Waals surface area (Å²) < 4.78 is 41.0. The summed E-state index contributed by atoms with van der Waals surface area (Å²) >= 11 is 0. The highest BCUT2D eigenvalue weighted by Gasteiger charge is 2.32. The number of aliphatic imine (C=N–C) groups is 1. The van der Waals surface area contributed by atoms with Crippen molar-refractivity contribution in [3.8, 4) is 11.1 Å². The van der Waals surface area contributed by atoms with Gasteiger partial charge in [-0.15, -0.1) is 0 Å². The standard InChI is InChI=1S/C30H20F3N3O2/c31-24-13-10-22(11-14-24)29-35-27(16-23-12-15-25(32)17-26(23)33)30(38)36(29)34-18-28(37)21-8-6-20(7-9-21)19-4-2-1-3-5-19/h1-17,34H,18H2/b27-16-. The number of hydrogen-bond donors (Lipinski definition) is 1. The number of halogens is 3.